The summed E-state index contributed by atoms with van der Waals surface area (Å²) in [5.41, 5.74) is -2.90. The molecule has 24 heavy (non-hydrogen) atoms. The average Bonchev–Trinajstić information content (AvgIpc) is 2.93. The van der Waals surface area contributed by atoms with E-state index in [0.29, 0.717) is 5.02 Å². The highest BCUT2D eigenvalue weighted by Gasteiger charge is 2.57. The van der Waals surface area contributed by atoms with E-state index in [4.69, 9.17) is 11.6 Å². The molecule has 130 valence electrons. The number of aryl methyl sites for hydroxylation is 1. The highest BCUT2D eigenvalue weighted by Crippen LogP contribution is 2.40. The molecule has 0 radical (unpaired) electrons. The van der Waals surface area contributed by atoms with E-state index in [1.807, 2.05) is 0 Å². The highest BCUT2D eigenvalue weighted by atomic mass is 35.5. The molecule has 1 aromatic carbocycles. The van der Waals surface area contributed by atoms with Gasteiger partial charge < -0.3 is 15.0 Å². The number of rotatable bonds is 5. The number of nitrogens with zero attached hydrogens (tertiary/aromatic N) is 2. The maximum atomic E-state index is 13.3. The Morgan fingerprint density at radius 3 is 2.46 bits per heavy atom. The molecule has 0 bridgehead atoms. The molecule has 0 saturated heterocycles. The summed E-state index contributed by atoms with van der Waals surface area (Å²) in [6.07, 6.45) is -3.23. The number of benzene rings is 1. The fraction of sp³-hybridized carbons (Fsp3) is 0.333. The van der Waals surface area contributed by atoms with Crippen molar-refractivity contribution >= 4 is 17.5 Å². The van der Waals surface area contributed by atoms with Gasteiger partial charge in [-0.2, -0.15) is 13.2 Å². The summed E-state index contributed by atoms with van der Waals surface area (Å²) in [6.45, 7) is -0.385. The maximum Gasteiger partial charge on any atom is 0.424 e. The first-order valence-electron chi connectivity index (χ1n) is 6.96. The van der Waals surface area contributed by atoms with Crippen LogP contribution < -0.4 is 5.32 Å². The van der Waals surface area contributed by atoms with E-state index >= 15 is 0 Å². The third-order valence-electron chi connectivity index (χ3n) is 3.54. The van der Waals surface area contributed by atoms with Crippen LogP contribution in [0.4, 0.5) is 13.2 Å². The Hall–Kier alpha value is -2.06. The second-order valence-corrected chi connectivity index (χ2v) is 5.67. The lowest BCUT2D eigenvalue weighted by Gasteiger charge is -2.29. The SMILES string of the molecule is Cn1ccnc1C(O)(CCNC(=O)c1ccc(Cl)cc1)C(F)(F)F. The average molecular weight is 362 g/mol. The Morgan fingerprint density at radius 1 is 1.33 bits per heavy atom. The van der Waals surface area contributed by atoms with Gasteiger partial charge >= 0.3 is 6.18 Å². The second-order valence-electron chi connectivity index (χ2n) is 5.23. The Labute approximate surface area is 141 Å². The van der Waals surface area contributed by atoms with Crippen molar-refractivity contribution in [3.63, 3.8) is 0 Å². The van der Waals surface area contributed by atoms with Gasteiger partial charge in [-0.3, -0.25) is 4.79 Å². The summed E-state index contributed by atoms with van der Waals surface area (Å²) >= 11 is 5.70. The molecule has 0 aliphatic heterocycles. The first-order chi connectivity index (χ1) is 11.1. The number of amides is 1. The third-order valence-corrected chi connectivity index (χ3v) is 3.79. The van der Waals surface area contributed by atoms with E-state index in [-0.39, 0.29) is 12.1 Å². The molecular weight excluding hydrogens is 347 g/mol. The van der Waals surface area contributed by atoms with E-state index in [0.717, 1.165) is 4.57 Å². The van der Waals surface area contributed by atoms with Crippen LogP contribution in [0.15, 0.2) is 36.7 Å². The molecule has 1 heterocycles. The summed E-state index contributed by atoms with van der Waals surface area (Å²) in [5, 5.41) is 12.9. The number of hydrogen-bond acceptors (Lipinski definition) is 3. The number of halogens is 4. The molecular formula is C15H15ClF3N3O2. The molecule has 1 unspecified atom stereocenters. The van der Waals surface area contributed by atoms with E-state index in [2.05, 4.69) is 10.3 Å². The maximum absolute atomic E-state index is 13.3. The normalized spacial score (nSPS) is 14.2. The number of carbonyl (C=O) groups excluding carboxylic acids is 1. The quantitative estimate of drug-likeness (QED) is 0.860. The Morgan fingerprint density at radius 2 is 1.96 bits per heavy atom. The summed E-state index contributed by atoms with van der Waals surface area (Å²) in [7, 11) is 1.35. The molecule has 0 aliphatic rings. The van der Waals surface area contributed by atoms with Gasteiger partial charge in [-0.05, 0) is 24.3 Å². The minimum atomic E-state index is -4.93. The van der Waals surface area contributed by atoms with E-state index in [1.165, 1.54) is 43.7 Å². The Bertz CT molecular complexity index is 715. The molecule has 0 saturated carbocycles. The summed E-state index contributed by atoms with van der Waals surface area (Å²) in [6, 6.07) is 5.89. The third kappa shape index (κ3) is 3.70. The van der Waals surface area contributed by atoms with Gasteiger partial charge in [0.1, 0.15) is 5.82 Å². The smallest absolute Gasteiger partial charge is 0.374 e. The fourth-order valence-electron chi connectivity index (χ4n) is 2.20. The van der Waals surface area contributed by atoms with Gasteiger partial charge in [0.2, 0.25) is 5.60 Å². The van der Waals surface area contributed by atoms with Crippen molar-refractivity contribution in [2.24, 2.45) is 7.05 Å². The van der Waals surface area contributed by atoms with Crippen molar-refractivity contribution in [1.82, 2.24) is 14.9 Å². The Kier molecular flexibility index (Phi) is 5.19. The zero-order valence-electron chi connectivity index (χ0n) is 12.6. The number of nitrogens with one attached hydrogen (secondary N) is 1. The monoisotopic (exact) mass is 361 g/mol. The zero-order chi connectivity index (χ0) is 18.0. The first-order valence-corrected chi connectivity index (χ1v) is 7.33. The molecule has 5 nitrogen and oxygen atoms in total. The van der Waals surface area contributed by atoms with Gasteiger partial charge in [-0.15, -0.1) is 0 Å². The summed E-state index contributed by atoms with van der Waals surface area (Å²) < 4.78 is 41.0. The molecule has 9 heteroatoms. The zero-order valence-corrected chi connectivity index (χ0v) is 13.4. The van der Waals surface area contributed by atoms with Crippen LogP contribution in [0.25, 0.3) is 0 Å². The number of aliphatic hydroxyl groups is 1. The van der Waals surface area contributed by atoms with Crippen LogP contribution in [-0.4, -0.2) is 33.3 Å². The van der Waals surface area contributed by atoms with Crippen LogP contribution in [0.5, 0.6) is 0 Å². The van der Waals surface area contributed by atoms with Gasteiger partial charge in [0.05, 0.1) is 0 Å². The van der Waals surface area contributed by atoms with Crippen molar-refractivity contribution in [2.75, 3.05) is 6.54 Å². The summed E-state index contributed by atoms with van der Waals surface area (Å²) in [5.74, 6) is -1.09. The molecule has 1 aromatic heterocycles. The van der Waals surface area contributed by atoms with Crippen LogP contribution >= 0.6 is 11.6 Å². The molecule has 0 aliphatic carbocycles. The summed E-state index contributed by atoms with van der Waals surface area (Å²) in [4.78, 5) is 15.5. The van der Waals surface area contributed by atoms with Gasteiger partial charge in [0, 0.05) is 43.0 Å². The number of imidazole rings is 1. The predicted octanol–water partition coefficient (Wildman–Crippen LogP) is 2.64. The lowest BCUT2D eigenvalue weighted by Crippen LogP contribution is -2.46. The van der Waals surface area contributed by atoms with Crippen LogP contribution in [-0.2, 0) is 12.6 Å². The van der Waals surface area contributed by atoms with Crippen LogP contribution in [0.1, 0.15) is 22.6 Å². The highest BCUT2D eigenvalue weighted by molar-refractivity contribution is 6.30. The van der Waals surface area contributed by atoms with Gasteiger partial charge in [0.25, 0.3) is 5.91 Å². The molecule has 1 amide bonds. The minimum Gasteiger partial charge on any atom is -0.374 e. The number of alkyl halides is 3. The Balaban J connectivity index is 2.08. The molecule has 1 atom stereocenters. The van der Waals surface area contributed by atoms with Crippen molar-refractivity contribution in [3.8, 4) is 0 Å². The standard InChI is InChI=1S/C15H15ClF3N3O2/c1-22-9-8-21-13(22)14(24,15(17,18)19)6-7-20-12(23)10-2-4-11(16)5-3-10/h2-5,8-9,24H,6-7H2,1H3,(H,20,23). The first kappa shape index (κ1) is 18.3. The minimum absolute atomic E-state index is 0.256. The van der Waals surface area contributed by atoms with Gasteiger partial charge in [0.15, 0.2) is 0 Å². The second kappa shape index (κ2) is 6.82. The largest absolute Gasteiger partial charge is 0.424 e. The molecule has 2 rings (SSSR count). The van der Waals surface area contributed by atoms with Crippen molar-refractivity contribution in [3.05, 3.63) is 53.1 Å². The number of aromatic nitrogens is 2. The van der Waals surface area contributed by atoms with E-state index in [9.17, 15) is 23.1 Å². The van der Waals surface area contributed by atoms with E-state index < -0.39 is 29.9 Å². The molecule has 2 N–H and O–H groups in total. The molecule has 0 fully saturated rings. The number of carbonyl (C=O) groups is 1. The lowest BCUT2D eigenvalue weighted by molar-refractivity contribution is -0.272. The molecule has 2 aromatic rings. The lowest BCUT2D eigenvalue weighted by atomic mass is 9.97. The van der Waals surface area contributed by atoms with Crippen LogP contribution in [0, 0.1) is 0 Å². The van der Waals surface area contributed by atoms with Crippen molar-refractivity contribution in [1.29, 1.82) is 0 Å². The fourth-order valence-corrected chi connectivity index (χ4v) is 2.33. The molecule has 0 spiro atoms. The topological polar surface area (TPSA) is 67.2 Å². The number of hydrogen-bond donors (Lipinski definition) is 2. The van der Waals surface area contributed by atoms with E-state index in [1.54, 1.807) is 0 Å². The van der Waals surface area contributed by atoms with Crippen molar-refractivity contribution in [2.45, 2.75) is 18.2 Å². The van der Waals surface area contributed by atoms with Crippen LogP contribution in [0.3, 0.4) is 0 Å². The van der Waals surface area contributed by atoms with Crippen LogP contribution in [0.2, 0.25) is 5.02 Å². The van der Waals surface area contributed by atoms with Gasteiger partial charge in [-0.1, -0.05) is 11.6 Å². The van der Waals surface area contributed by atoms with Crippen molar-refractivity contribution < 1.29 is 23.1 Å². The van der Waals surface area contributed by atoms with Gasteiger partial charge in [-0.25, -0.2) is 4.98 Å². The predicted molar refractivity (Wildman–Crippen MR) is 81.6 cm³/mol.